The van der Waals surface area contributed by atoms with Gasteiger partial charge in [-0.3, -0.25) is 4.68 Å². The van der Waals surface area contributed by atoms with Crippen molar-refractivity contribution in [3.63, 3.8) is 0 Å². The van der Waals surface area contributed by atoms with Gasteiger partial charge in [0.2, 0.25) is 0 Å². The molecule has 6 heteroatoms. The third-order valence-electron chi connectivity index (χ3n) is 1.91. The summed E-state index contributed by atoms with van der Waals surface area (Å²) in [7, 11) is 1.89. The van der Waals surface area contributed by atoms with Crippen LogP contribution in [0.25, 0.3) is 0 Å². The maximum Gasteiger partial charge on any atom is 0.140 e. The van der Waals surface area contributed by atoms with E-state index < -0.39 is 0 Å². The van der Waals surface area contributed by atoms with Crippen LogP contribution < -0.4 is 11.1 Å². The molecule has 14 heavy (non-hydrogen) atoms. The highest BCUT2D eigenvalue weighted by atomic mass is 16.4. The molecule has 0 atom stereocenters. The standard InChI is InChI=1S/C8H15N5O/c1-13-7(2-5-11-13)6-10-4-3-8(9)12-14/h2,5,10,14H,3-4,6H2,1H3,(H2,9,12). The number of nitrogens with one attached hydrogen (secondary N) is 1. The predicted octanol–water partition coefficient (Wildman–Crippen LogP) is -0.354. The van der Waals surface area contributed by atoms with E-state index in [0.717, 1.165) is 12.2 Å². The number of hydrogen-bond acceptors (Lipinski definition) is 4. The van der Waals surface area contributed by atoms with Crippen molar-refractivity contribution in [2.75, 3.05) is 6.54 Å². The SMILES string of the molecule is Cn1nccc1CNCCC(N)=NO. The Kier molecular flexibility index (Phi) is 3.93. The second-order valence-corrected chi connectivity index (χ2v) is 2.96. The molecule has 0 radical (unpaired) electrons. The van der Waals surface area contributed by atoms with E-state index in [2.05, 4.69) is 15.6 Å². The molecule has 0 aliphatic carbocycles. The van der Waals surface area contributed by atoms with Gasteiger partial charge in [0.15, 0.2) is 0 Å². The van der Waals surface area contributed by atoms with Gasteiger partial charge in [-0.1, -0.05) is 5.16 Å². The Hall–Kier alpha value is -1.56. The Labute approximate surface area is 82.4 Å². The van der Waals surface area contributed by atoms with E-state index in [1.165, 1.54) is 0 Å². The van der Waals surface area contributed by atoms with Crippen LogP contribution in [0.1, 0.15) is 12.1 Å². The molecule has 1 aromatic rings. The van der Waals surface area contributed by atoms with E-state index in [1.54, 1.807) is 10.9 Å². The smallest absolute Gasteiger partial charge is 0.140 e. The number of amidine groups is 1. The van der Waals surface area contributed by atoms with Crippen LogP contribution in [-0.4, -0.2) is 27.4 Å². The van der Waals surface area contributed by atoms with Crippen LogP contribution in [0.5, 0.6) is 0 Å². The summed E-state index contributed by atoms with van der Waals surface area (Å²) in [5, 5.41) is 18.4. The van der Waals surface area contributed by atoms with Crippen molar-refractivity contribution in [1.82, 2.24) is 15.1 Å². The van der Waals surface area contributed by atoms with Crippen LogP contribution in [0.2, 0.25) is 0 Å². The molecule has 0 spiro atoms. The molecule has 1 rings (SSSR count). The second-order valence-electron chi connectivity index (χ2n) is 2.96. The average molecular weight is 197 g/mol. The molecule has 0 aromatic carbocycles. The van der Waals surface area contributed by atoms with Crippen molar-refractivity contribution in [1.29, 1.82) is 0 Å². The van der Waals surface area contributed by atoms with E-state index in [0.29, 0.717) is 13.0 Å². The normalized spacial score (nSPS) is 11.9. The average Bonchev–Trinajstić information content (AvgIpc) is 2.58. The van der Waals surface area contributed by atoms with Gasteiger partial charge in [-0.15, -0.1) is 0 Å². The van der Waals surface area contributed by atoms with Gasteiger partial charge in [0.25, 0.3) is 0 Å². The molecule has 78 valence electrons. The molecule has 0 aliphatic rings. The Bertz CT molecular complexity index is 306. The second kappa shape index (κ2) is 5.23. The maximum atomic E-state index is 8.28. The lowest BCUT2D eigenvalue weighted by molar-refractivity contribution is 0.316. The molecule has 1 heterocycles. The molecule has 1 aromatic heterocycles. The first kappa shape index (κ1) is 10.5. The maximum absolute atomic E-state index is 8.28. The zero-order valence-electron chi connectivity index (χ0n) is 8.14. The molecule has 0 unspecified atom stereocenters. The topological polar surface area (TPSA) is 88.5 Å². The number of aryl methyl sites for hydroxylation is 1. The third-order valence-corrected chi connectivity index (χ3v) is 1.91. The highest BCUT2D eigenvalue weighted by Crippen LogP contribution is 1.94. The Balaban J connectivity index is 2.20. The van der Waals surface area contributed by atoms with Gasteiger partial charge in [-0.2, -0.15) is 5.10 Å². The van der Waals surface area contributed by atoms with E-state index in [9.17, 15) is 0 Å². The van der Waals surface area contributed by atoms with Gasteiger partial charge in [-0.05, 0) is 6.07 Å². The lowest BCUT2D eigenvalue weighted by Crippen LogP contribution is -2.22. The molecule has 0 saturated heterocycles. The molecule has 0 amide bonds. The number of oxime groups is 1. The number of rotatable bonds is 5. The lowest BCUT2D eigenvalue weighted by Gasteiger charge is -2.03. The van der Waals surface area contributed by atoms with Gasteiger partial charge < -0.3 is 16.3 Å². The first-order chi connectivity index (χ1) is 6.74. The monoisotopic (exact) mass is 197 g/mol. The number of nitrogens with two attached hydrogens (primary N) is 1. The van der Waals surface area contributed by atoms with Gasteiger partial charge in [0, 0.05) is 32.8 Å². The first-order valence-electron chi connectivity index (χ1n) is 4.38. The first-order valence-corrected chi connectivity index (χ1v) is 4.38. The van der Waals surface area contributed by atoms with Crippen LogP contribution in [0.3, 0.4) is 0 Å². The molecular weight excluding hydrogens is 182 g/mol. The highest BCUT2D eigenvalue weighted by molar-refractivity contribution is 5.79. The molecule has 0 bridgehead atoms. The third kappa shape index (κ3) is 3.06. The lowest BCUT2D eigenvalue weighted by atomic mass is 10.3. The van der Waals surface area contributed by atoms with E-state index in [4.69, 9.17) is 10.9 Å². The quantitative estimate of drug-likeness (QED) is 0.198. The Morgan fingerprint density at radius 1 is 1.79 bits per heavy atom. The Morgan fingerprint density at radius 2 is 2.57 bits per heavy atom. The molecular formula is C8H15N5O. The van der Waals surface area contributed by atoms with Crippen LogP contribution in [0.4, 0.5) is 0 Å². The van der Waals surface area contributed by atoms with E-state index >= 15 is 0 Å². The number of nitrogens with zero attached hydrogens (tertiary/aromatic N) is 3. The zero-order valence-corrected chi connectivity index (χ0v) is 8.14. The van der Waals surface area contributed by atoms with Crippen molar-refractivity contribution in [2.45, 2.75) is 13.0 Å². The summed E-state index contributed by atoms with van der Waals surface area (Å²) < 4.78 is 1.80. The summed E-state index contributed by atoms with van der Waals surface area (Å²) in [4.78, 5) is 0. The van der Waals surface area contributed by atoms with Crippen molar-refractivity contribution >= 4 is 5.84 Å². The van der Waals surface area contributed by atoms with Gasteiger partial charge in [-0.25, -0.2) is 0 Å². The molecule has 0 fully saturated rings. The predicted molar refractivity (Wildman–Crippen MR) is 52.9 cm³/mol. The fourth-order valence-electron chi connectivity index (χ4n) is 1.06. The number of hydrogen-bond donors (Lipinski definition) is 3. The summed E-state index contributed by atoms with van der Waals surface area (Å²) in [6.45, 7) is 1.41. The van der Waals surface area contributed by atoms with Crippen molar-refractivity contribution < 1.29 is 5.21 Å². The van der Waals surface area contributed by atoms with Crippen LogP contribution in [0.15, 0.2) is 17.4 Å². The summed E-state index contributed by atoms with van der Waals surface area (Å²) in [6, 6.07) is 1.94. The molecule has 0 aliphatic heterocycles. The molecule has 4 N–H and O–H groups in total. The van der Waals surface area contributed by atoms with Crippen molar-refractivity contribution in [2.24, 2.45) is 17.9 Å². The van der Waals surface area contributed by atoms with Crippen molar-refractivity contribution in [3.05, 3.63) is 18.0 Å². The van der Waals surface area contributed by atoms with Gasteiger partial charge in [0.1, 0.15) is 5.84 Å². The van der Waals surface area contributed by atoms with Crippen LogP contribution in [0, 0.1) is 0 Å². The van der Waals surface area contributed by atoms with E-state index in [1.807, 2.05) is 13.1 Å². The highest BCUT2D eigenvalue weighted by Gasteiger charge is 1.97. The number of aromatic nitrogens is 2. The van der Waals surface area contributed by atoms with Gasteiger partial charge >= 0.3 is 0 Å². The van der Waals surface area contributed by atoms with Crippen LogP contribution >= 0.6 is 0 Å². The zero-order chi connectivity index (χ0) is 10.4. The minimum Gasteiger partial charge on any atom is -0.409 e. The van der Waals surface area contributed by atoms with Gasteiger partial charge in [0.05, 0.1) is 5.69 Å². The molecule has 6 nitrogen and oxygen atoms in total. The van der Waals surface area contributed by atoms with Crippen molar-refractivity contribution in [3.8, 4) is 0 Å². The molecule has 0 saturated carbocycles. The van der Waals surface area contributed by atoms with Crippen LogP contribution in [-0.2, 0) is 13.6 Å². The fraction of sp³-hybridized carbons (Fsp3) is 0.500. The Morgan fingerprint density at radius 3 is 3.14 bits per heavy atom. The van der Waals surface area contributed by atoms with E-state index in [-0.39, 0.29) is 5.84 Å². The minimum atomic E-state index is 0.238. The minimum absolute atomic E-state index is 0.238. The largest absolute Gasteiger partial charge is 0.409 e. The summed E-state index contributed by atoms with van der Waals surface area (Å²) in [5.41, 5.74) is 6.41. The summed E-state index contributed by atoms with van der Waals surface area (Å²) in [5.74, 6) is 0.238. The fourth-order valence-corrected chi connectivity index (χ4v) is 1.06. The summed E-state index contributed by atoms with van der Waals surface area (Å²) in [6.07, 6.45) is 2.29. The summed E-state index contributed by atoms with van der Waals surface area (Å²) >= 11 is 0.